The number of nitrogens with zero attached hydrogens (tertiary/aromatic N) is 2. The number of anilines is 2. The van der Waals surface area contributed by atoms with Crippen LogP contribution in [0.25, 0.3) is 0 Å². The molecule has 0 aliphatic carbocycles. The highest BCUT2D eigenvalue weighted by atomic mass is 16.5. The molecule has 0 atom stereocenters. The number of hydrogen-bond donors (Lipinski definition) is 2. The van der Waals surface area contributed by atoms with Gasteiger partial charge in [-0.25, -0.2) is 4.79 Å². The molecule has 0 saturated carbocycles. The van der Waals surface area contributed by atoms with E-state index < -0.39 is 5.97 Å². The first-order chi connectivity index (χ1) is 9.62. The third kappa shape index (κ3) is 3.14. The number of aromatic nitrogens is 2. The molecule has 7 heteroatoms. The van der Waals surface area contributed by atoms with Crippen molar-refractivity contribution in [3.63, 3.8) is 0 Å². The standard InChI is InChI=1S/C13H13N3O4/c1-19-9-5-8(6-10(7-9)20-2)14-12-4-3-11(13(17)18)15-16-12/h3-7H,1-2H3,(H,14,16)(H,17,18). The zero-order valence-electron chi connectivity index (χ0n) is 11.0. The molecule has 7 nitrogen and oxygen atoms in total. The summed E-state index contributed by atoms with van der Waals surface area (Å²) in [7, 11) is 3.11. The molecular formula is C13H13N3O4. The van der Waals surface area contributed by atoms with Gasteiger partial charge in [-0.2, -0.15) is 0 Å². The largest absolute Gasteiger partial charge is 0.497 e. The van der Waals surface area contributed by atoms with Gasteiger partial charge in [-0.05, 0) is 12.1 Å². The van der Waals surface area contributed by atoms with E-state index in [1.54, 1.807) is 32.4 Å². The van der Waals surface area contributed by atoms with Crippen LogP contribution in [0.15, 0.2) is 30.3 Å². The highest BCUT2D eigenvalue weighted by Gasteiger charge is 2.06. The number of ether oxygens (including phenoxy) is 2. The Bertz CT molecular complexity index is 591. The Labute approximate surface area is 115 Å². The van der Waals surface area contributed by atoms with E-state index in [9.17, 15) is 4.79 Å². The van der Waals surface area contributed by atoms with Gasteiger partial charge >= 0.3 is 5.97 Å². The Balaban J connectivity index is 2.22. The lowest BCUT2D eigenvalue weighted by molar-refractivity contribution is 0.0689. The van der Waals surface area contributed by atoms with Gasteiger partial charge in [-0.15, -0.1) is 10.2 Å². The average Bonchev–Trinajstić information content (AvgIpc) is 2.47. The molecule has 1 aromatic heterocycles. The molecule has 0 fully saturated rings. The van der Waals surface area contributed by atoms with E-state index in [4.69, 9.17) is 14.6 Å². The van der Waals surface area contributed by atoms with Gasteiger partial charge in [0.15, 0.2) is 11.5 Å². The van der Waals surface area contributed by atoms with Gasteiger partial charge in [0.2, 0.25) is 0 Å². The monoisotopic (exact) mass is 275 g/mol. The van der Waals surface area contributed by atoms with Crippen molar-refractivity contribution in [1.29, 1.82) is 0 Å². The smallest absolute Gasteiger partial charge is 0.356 e. The summed E-state index contributed by atoms with van der Waals surface area (Å²) < 4.78 is 10.3. The predicted molar refractivity (Wildman–Crippen MR) is 71.8 cm³/mol. The van der Waals surface area contributed by atoms with E-state index in [2.05, 4.69) is 15.5 Å². The van der Waals surface area contributed by atoms with Crippen molar-refractivity contribution in [3.8, 4) is 11.5 Å². The number of carboxylic acids is 1. The number of benzene rings is 1. The van der Waals surface area contributed by atoms with Crippen molar-refractivity contribution in [2.75, 3.05) is 19.5 Å². The van der Waals surface area contributed by atoms with Crippen LogP contribution in [0.2, 0.25) is 0 Å². The van der Waals surface area contributed by atoms with E-state index in [1.165, 1.54) is 12.1 Å². The Morgan fingerprint density at radius 1 is 1.10 bits per heavy atom. The first-order valence-electron chi connectivity index (χ1n) is 5.69. The molecule has 0 bridgehead atoms. The fraction of sp³-hybridized carbons (Fsp3) is 0.154. The molecule has 0 aliphatic heterocycles. The maximum atomic E-state index is 10.7. The van der Waals surface area contributed by atoms with Crippen molar-refractivity contribution in [2.45, 2.75) is 0 Å². The van der Waals surface area contributed by atoms with Gasteiger partial charge in [-0.3, -0.25) is 0 Å². The lowest BCUT2D eigenvalue weighted by Gasteiger charge is -2.09. The Morgan fingerprint density at radius 3 is 2.20 bits per heavy atom. The zero-order valence-corrected chi connectivity index (χ0v) is 11.0. The normalized spacial score (nSPS) is 9.90. The molecule has 20 heavy (non-hydrogen) atoms. The third-order valence-electron chi connectivity index (χ3n) is 2.51. The fourth-order valence-electron chi connectivity index (χ4n) is 1.54. The summed E-state index contributed by atoms with van der Waals surface area (Å²) in [4.78, 5) is 10.7. The van der Waals surface area contributed by atoms with Gasteiger partial charge in [-0.1, -0.05) is 0 Å². The molecule has 0 amide bonds. The summed E-state index contributed by atoms with van der Waals surface area (Å²) in [5, 5.41) is 19.1. The molecule has 0 saturated heterocycles. The Morgan fingerprint density at radius 2 is 1.75 bits per heavy atom. The van der Waals surface area contributed by atoms with Crippen molar-refractivity contribution in [2.24, 2.45) is 0 Å². The van der Waals surface area contributed by atoms with Crippen molar-refractivity contribution < 1.29 is 19.4 Å². The molecule has 104 valence electrons. The quantitative estimate of drug-likeness (QED) is 0.861. The summed E-state index contributed by atoms with van der Waals surface area (Å²) >= 11 is 0. The number of aromatic carboxylic acids is 1. The number of nitrogens with one attached hydrogen (secondary N) is 1. The van der Waals surface area contributed by atoms with E-state index in [0.717, 1.165) is 0 Å². The Hall–Kier alpha value is -2.83. The second kappa shape index (κ2) is 5.87. The van der Waals surface area contributed by atoms with E-state index in [1.807, 2.05) is 0 Å². The summed E-state index contributed by atoms with van der Waals surface area (Å²) in [6.45, 7) is 0. The summed E-state index contributed by atoms with van der Waals surface area (Å²) in [6, 6.07) is 8.16. The molecule has 0 aliphatic rings. The van der Waals surface area contributed by atoms with E-state index >= 15 is 0 Å². The molecule has 2 aromatic rings. The van der Waals surface area contributed by atoms with Gasteiger partial charge in [0.25, 0.3) is 0 Å². The number of carboxylic acid groups (broad SMARTS) is 1. The zero-order chi connectivity index (χ0) is 14.5. The van der Waals surface area contributed by atoms with Crippen LogP contribution in [-0.2, 0) is 0 Å². The van der Waals surface area contributed by atoms with Crippen LogP contribution in [0.1, 0.15) is 10.5 Å². The molecular weight excluding hydrogens is 262 g/mol. The average molecular weight is 275 g/mol. The fourth-order valence-corrected chi connectivity index (χ4v) is 1.54. The summed E-state index contributed by atoms with van der Waals surface area (Å²) in [5.74, 6) is 0.557. The van der Waals surface area contributed by atoms with Gasteiger partial charge < -0.3 is 19.9 Å². The minimum atomic E-state index is -1.12. The second-order valence-electron chi connectivity index (χ2n) is 3.84. The van der Waals surface area contributed by atoms with Crippen LogP contribution in [0.4, 0.5) is 11.5 Å². The second-order valence-corrected chi connectivity index (χ2v) is 3.84. The van der Waals surface area contributed by atoms with Crippen LogP contribution in [-0.4, -0.2) is 35.5 Å². The van der Waals surface area contributed by atoms with Crippen molar-refractivity contribution in [1.82, 2.24) is 10.2 Å². The summed E-state index contributed by atoms with van der Waals surface area (Å²) in [6.07, 6.45) is 0. The predicted octanol–water partition coefficient (Wildman–Crippen LogP) is 1.94. The number of carbonyl (C=O) groups is 1. The first kappa shape index (κ1) is 13.6. The maximum Gasteiger partial charge on any atom is 0.356 e. The van der Waals surface area contributed by atoms with Gasteiger partial charge in [0.1, 0.15) is 11.5 Å². The minimum Gasteiger partial charge on any atom is -0.497 e. The van der Waals surface area contributed by atoms with Crippen LogP contribution in [0.3, 0.4) is 0 Å². The highest BCUT2D eigenvalue weighted by Crippen LogP contribution is 2.27. The maximum absolute atomic E-state index is 10.7. The van der Waals surface area contributed by atoms with Crippen molar-refractivity contribution in [3.05, 3.63) is 36.0 Å². The molecule has 0 spiro atoms. The SMILES string of the molecule is COc1cc(Nc2ccc(C(=O)O)nn2)cc(OC)c1. The van der Waals surface area contributed by atoms with E-state index in [-0.39, 0.29) is 5.69 Å². The number of methoxy groups -OCH3 is 2. The van der Waals surface area contributed by atoms with E-state index in [0.29, 0.717) is 23.0 Å². The topological polar surface area (TPSA) is 93.6 Å². The highest BCUT2D eigenvalue weighted by molar-refractivity contribution is 5.85. The van der Waals surface area contributed by atoms with Gasteiger partial charge in [0.05, 0.1) is 14.2 Å². The molecule has 2 rings (SSSR count). The Kier molecular flexibility index (Phi) is 3.99. The van der Waals surface area contributed by atoms with Crippen molar-refractivity contribution >= 4 is 17.5 Å². The van der Waals surface area contributed by atoms with Crippen LogP contribution in [0, 0.1) is 0 Å². The molecule has 1 heterocycles. The molecule has 2 N–H and O–H groups in total. The number of rotatable bonds is 5. The summed E-state index contributed by atoms with van der Waals surface area (Å²) in [5.41, 5.74) is 0.581. The minimum absolute atomic E-state index is 0.112. The molecule has 1 aromatic carbocycles. The van der Waals surface area contributed by atoms with Crippen LogP contribution >= 0.6 is 0 Å². The lowest BCUT2D eigenvalue weighted by atomic mass is 10.2. The molecule has 0 radical (unpaired) electrons. The third-order valence-corrected chi connectivity index (χ3v) is 2.51. The number of hydrogen-bond acceptors (Lipinski definition) is 6. The van der Waals surface area contributed by atoms with Gasteiger partial charge in [0, 0.05) is 23.9 Å². The lowest BCUT2D eigenvalue weighted by Crippen LogP contribution is -2.03. The van der Waals surface area contributed by atoms with Crippen LogP contribution < -0.4 is 14.8 Å². The first-order valence-corrected chi connectivity index (χ1v) is 5.69. The molecule has 0 unspecified atom stereocenters. The van der Waals surface area contributed by atoms with Crippen LogP contribution in [0.5, 0.6) is 11.5 Å².